The van der Waals surface area contributed by atoms with E-state index in [0.717, 1.165) is 17.8 Å². The molecule has 1 aliphatic heterocycles. The molecule has 0 saturated carbocycles. The molecule has 1 aliphatic carbocycles. The molecule has 0 atom stereocenters. The van der Waals surface area contributed by atoms with Gasteiger partial charge in [0.15, 0.2) is 0 Å². The Hall–Kier alpha value is -2.55. The third-order valence-corrected chi connectivity index (χ3v) is 3.53. The molecule has 2 aromatic rings. The summed E-state index contributed by atoms with van der Waals surface area (Å²) in [7, 11) is 0. The van der Waals surface area contributed by atoms with Gasteiger partial charge in [-0.2, -0.15) is 0 Å². The predicted molar refractivity (Wildman–Crippen MR) is 75.9 cm³/mol. The van der Waals surface area contributed by atoms with Crippen molar-refractivity contribution in [3.8, 4) is 11.1 Å². The quantitative estimate of drug-likeness (QED) is 0.671. The van der Waals surface area contributed by atoms with Crippen molar-refractivity contribution < 1.29 is 0 Å². The zero-order valence-corrected chi connectivity index (χ0v) is 10.2. The van der Waals surface area contributed by atoms with Gasteiger partial charge in [0.05, 0.1) is 5.71 Å². The molecule has 19 heavy (non-hydrogen) atoms. The molecule has 1 heterocycles. The summed E-state index contributed by atoms with van der Waals surface area (Å²) in [4.78, 5) is 0. The first kappa shape index (κ1) is 10.4. The average Bonchev–Trinajstić information content (AvgIpc) is 2.85. The number of benzene rings is 2. The number of hydrogen-bond acceptors (Lipinski definition) is 3. The van der Waals surface area contributed by atoms with Crippen LogP contribution in [0.15, 0.2) is 69.7 Å². The number of nitrogens with zero attached hydrogens (tertiary/aromatic N) is 3. The van der Waals surface area contributed by atoms with Crippen molar-refractivity contribution in [3.63, 3.8) is 0 Å². The van der Waals surface area contributed by atoms with Crippen molar-refractivity contribution in [2.75, 3.05) is 0 Å². The second-order valence-electron chi connectivity index (χ2n) is 4.69. The summed E-state index contributed by atoms with van der Waals surface area (Å²) < 4.78 is 0. The van der Waals surface area contributed by atoms with Crippen molar-refractivity contribution in [1.82, 2.24) is 0 Å². The Kier molecular flexibility index (Phi) is 2.18. The minimum atomic E-state index is 0.781. The molecule has 0 amide bonds. The molecule has 0 bridgehead atoms. The fourth-order valence-electron chi connectivity index (χ4n) is 2.60. The Labute approximate surface area is 111 Å². The summed E-state index contributed by atoms with van der Waals surface area (Å²) in [6, 6.07) is 16.8. The predicted octanol–water partition coefficient (Wildman–Crippen LogP) is 4.07. The van der Waals surface area contributed by atoms with Gasteiger partial charge in [0, 0.05) is 6.42 Å². The van der Waals surface area contributed by atoms with E-state index in [4.69, 9.17) is 0 Å². The van der Waals surface area contributed by atoms with Crippen LogP contribution in [0.4, 0.5) is 0 Å². The van der Waals surface area contributed by atoms with Gasteiger partial charge in [-0.25, -0.2) is 0 Å². The maximum absolute atomic E-state index is 4.14. The third kappa shape index (κ3) is 1.63. The van der Waals surface area contributed by atoms with Gasteiger partial charge in [-0.15, -0.1) is 10.2 Å². The highest BCUT2D eigenvalue weighted by Gasteiger charge is 2.19. The van der Waals surface area contributed by atoms with Gasteiger partial charge >= 0.3 is 0 Å². The average molecular weight is 245 g/mol. The van der Waals surface area contributed by atoms with Crippen LogP contribution in [-0.2, 0) is 6.42 Å². The van der Waals surface area contributed by atoms with Crippen LogP contribution in [0.5, 0.6) is 0 Å². The molecule has 4 rings (SSSR count). The van der Waals surface area contributed by atoms with Crippen LogP contribution in [0.2, 0.25) is 0 Å². The summed E-state index contributed by atoms with van der Waals surface area (Å²) in [6.45, 7) is 0. The summed E-state index contributed by atoms with van der Waals surface area (Å²) in [5.74, 6) is 0. The molecule has 0 unspecified atom stereocenters. The van der Waals surface area contributed by atoms with E-state index in [2.05, 4.69) is 64.0 Å². The minimum absolute atomic E-state index is 0.781. The van der Waals surface area contributed by atoms with Gasteiger partial charge in [-0.05, 0) is 33.6 Å². The molecule has 0 aromatic heterocycles. The topological polar surface area (TPSA) is 37.1 Å². The second-order valence-corrected chi connectivity index (χ2v) is 4.69. The lowest BCUT2D eigenvalue weighted by molar-refractivity contribution is 1.10. The molecule has 2 aromatic carbocycles. The largest absolute Gasteiger partial charge is 0.133 e. The van der Waals surface area contributed by atoms with E-state index in [-0.39, 0.29) is 0 Å². The fourth-order valence-corrected chi connectivity index (χ4v) is 2.60. The number of fused-ring (bicyclic) bond motifs is 4. The van der Waals surface area contributed by atoms with Gasteiger partial charge in [-0.3, -0.25) is 0 Å². The minimum Gasteiger partial charge on any atom is -0.133 e. The van der Waals surface area contributed by atoms with Crippen molar-refractivity contribution in [2.45, 2.75) is 6.42 Å². The van der Waals surface area contributed by atoms with E-state index in [1.165, 1.54) is 22.3 Å². The Bertz CT molecular complexity index is 754. The van der Waals surface area contributed by atoms with Crippen molar-refractivity contribution in [2.24, 2.45) is 15.4 Å². The number of rotatable bonds is 0. The first-order valence-electron chi connectivity index (χ1n) is 6.29. The van der Waals surface area contributed by atoms with E-state index < -0.39 is 0 Å². The van der Waals surface area contributed by atoms with Gasteiger partial charge in [-0.1, -0.05) is 48.5 Å². The summed E-state index contributed by atoms with van der Waals surface area (Å²) >= 11 is 0. The Morgan fingerprint density at radius 2 is 1.63 bits per heavy atom. The highest BCUT2D eigenvalue weighted by molar-refractivity contribution is 6.07. The van der Waals surface area contributed by atoms with E-state index >= 15 is 0 Å². The van der Waals surface area contributed by atoms with Gasteiger partial charge < -0.3 is 0 Å². The molecule has 0 radical (unpaired) electrons. The molecule has 2 aliphatic rings. The maximum Gasteiger partial charge on any atom is 0.112 e. The normalized spacial score (nSPS) is 18.3. The van der Waals surface area contributed by atoms with Gasteiger partial charge in [0.1, 0.15) is 5.70 Å². The Morgan fingerprint density at radius 3 is 2.58 bits per heavy atom. The van der Waals surface area contributed by atoms with Crippen LogP contribution >= 0.6 is 0 Å². The van der Waals surface area contributed by atoms with Crippen LogP contribution in [0.1, 0.15) is 11.1 Å². The number of hydrogen-bond donors (Lipinski definition) is 0. The first-order chi connectivity index (χ1) is 9.42. The smallest absolute Gasteiger partial charge is 0.112 e. The Morgan fingerprint density at radius 1 is 0.842 bits per heavy atom. The van der Waals surface area contributed by atoms with Crippen LogP contribution < -0.4 is 0 Å². The molecular formula is C16H11N3. The molecular weight excluding hydrogens is 234 g/mol. The monoisotopic (exact) mass is 245 g/mol. The summed E-state index contributed by atoms with van der Waals surface area (Å²) in [6.07, 6.45) is 2.85. The lowest BCUT2D eigenvalue weighted by Gasteiger charge is -2.15. The van der Waals surface area contributed by atoms with Gasteiger partial charge in [0.25, 0.3) is 0 Å². The molecule has 3 nitrogen and oxygen atoms in total. The molecule has 0 saturated heterocycles. The van der Waals surface area contributed by atoms with Crippen molar-refractivity contribution in [3.05, 3.63) is 65.4 Å². The van der Waals surface area contributed by atoms with Crippen LogP contribution in [-0.4, -0.2) is 5.71 Å². The van der Waals surface area contributed by atoms with E-state index in [0.29, 0.717) is 0 Å². The van der Waals surface area contributed by atoms with Crippen LogP contribution in [0.3, 0.4) is 0 Å². The van der Waals surface area contributed by atoms with Crippen molar-refractivity contribution in [1.29, 1.82) is 0 Å². The zero-order valence-electron chi connectivity index (χ0n) is 10.2. The van der Waals surface area contributed by atoms with Crippen LogP contribution in [0, 0.1) is 0 Å². The lowest BCUT2D eigenvalue weighted by atomic mass is 9.89. The molecule has 0 fully saturated rings. The maximum atomic E-state index is 4.14. The lowest BCUT2D eigenvalue weighted by Crippen LogP contribution is -2.06. The fraction of sp³-hybridized carbons (Fsp3) is 0.0625. The standard InChI is InChI=1S/C16H11N3/c1-3-7-13-11(5-1)9-15-16(18-19-17-15)10-12-6-2-4-8-14(12)13/h1-9H,10H2/b15-9+. The Balaban J connectivity index is 2.05. The zero-order chi connectivity index (χ0) is 12.7. The first-order valence-corrected chi connectivity index (χ1v) is 6.29. The molecule has 0 spiro atoms. The van der Waals surface area contributed by atoms with E-state index in [9.17, 15) is 0 Å². The summed E-state index contributed by atoms with van der Waals surface area (Å²) in [5, 5.41) is 12.1. The molecule has 3 heteroatoms. The van der Waals surface area contributed by atoms with Gasteiger partial charge in [0.2, 0.25) is 0 Å². The highest BCUT2D eigenvalue weighted by atomic mass is 15.4. The van der Waals surface area contributed by atoms with E-state index in [1.807, 2.05) is 6.07 Å². The molecule has 0 N–H and O–H groups in total. The van der Waals surface area contributed by atoms with Crippen molar-refractivity contribution >= 4 is 11.8 Å². The summed E-state index contributed by atoms with van der Waals surface area (Å²) in [5.41, 5.74) is 6.77. The van der Waals surface area contributed by atoms with Crippen LogP contribution in [0.25, 0.3) is 17.2 Å². The second kappa shape index (κ2) is 3.99. The SMILES string of the molecule is C1=C2/N=NN=C2Cc2ccccc2-c2ccccc2/1. The highest BCUT2D eigenvalue weighted by Crippen LogP contribution is 2.33. The third-order valence-electron chi connectivity index (χ3n) is 3.53. The van der Waals surface area contributed by atoms with E-state index in [1.54, 1.807) is 0 Å². The molecule has 90 valence electrons. The number of allylic oxidation sites excluding steroid dienone is 1.